The summed E-state index contributed by atoms with van der Waals surface area (Å²) < 4.78 is 4.99. The van der Waals surface area contributed by atoms with E-state index in [0.717, 1.165) is 0 Å². The van der Waals surface area contributed by atoms with Crippen molar-refractivity contribution < 1.29 is 4.74 Å². The van der Waals surface area contributed by atoms with Crippen molar-refractivity contribution in [3.63, 3.8) is 0 Å². The van der Waals surface area contributed by atoms with Gasteiger partial charge in [0.2, 0.25) is 0 Å². The number of nitrogens with two attached hydrogens (primary N) is 2. The molecule has 1 aromatic rings. The summed E-state index contributed by atoms with van der Waals surface area (Å²) >= 11 is 0. The van der Waals surface area contributed by atoms with Crippen molar-refractivity contribution in [1.82, 2.24) is 0 Å². The lowest BCUT2D eigenvalue weighted by atomic mass is 10.3. The quantitative estimate of drug-likeness (QED) is 0.463. The minimum absolute atomic E-state index is 0.161. The molecule has 1 rings (SSSR count). The molecule has 54 valence electrons. The van der Waals surface area contributed by atoms with Crippen LogP contribution in [0.1, 0.15) is 0 Å². The van der Waals surface area contributed by atoms with E-state index in [4.69, 9.17) is 16.2 Å². The van der Waals surface area contributed by atoms with Gasteiger partial charge in [0.15, 0.2) is 0 Å². The molecule has 3 heteroatoms. The minimum atomic E-state index is 0.161. The molecule has 0 spiro atoms. The van der Waals surface area contributed by atoms with Gasteiger partial charge in [-0.25, -0.2) is 0 Å². The average molecular weight is 138 g/mol. The smallest absolute Gasteiger partial charge is 0.144 e. The SMILES string of the molecule is NCOc1ccccc1N. The molecule has 0 heterocycles. The van der Waals surface area contributed by atoms with Gasteiger partial charge in [-0.2, -0.15) is 0 Å². The Kier molecular flexibility index (Phi) is 2.12. The Morgan fingerprint density at radius 1 is 1.30 bits per heavy atom. The Labute approximate surface area is 59.6 Å². The zero-order valence-corrected chi connectivity index (χ0v) is 5.58. The first kappa shape index (κ1) is 6.89. The second-order valence-corrected chi connectivity index (χ2v) is 1.85. The van der Waals surface area contributed by atoms with Crippen LogP contribution in [0, 0.1) is 0 Å². The van der Waals surface area contributed by atoms with Gasteiger partial charge < -0.3 is 10.5 Å². The van der Waals surface area contributed by atoms with Crippen LogP contribution in [0.15, 0.2) is 24.3 Å². The molecule has 0 atom stereocenters. The van der Waals surface area contributed by atoms with Gasteiger partial charge >= 0.3 is 0 Å². The van der Waals surface area contributed by atoms with E-state index in [-0.39, 0.29) is 6.73 Å². The Hall–Kier alpha value is -1.22. The first-order valence-electron chi connectivity index (χ1n) is 3.02. The average Bonchev–Trinajstić information content (AvgIpc) is 1.94. The van der Waals surface area contributed by atoms with E-state index in [1.807, 2.05) is 12.1 Å². The van der Waals surface area contributed by atoms with E-state index < -0.39 is 0 Å². The van der Waals surface area contributed by atoms with Crippen LogP contribution in [0.3, 0.4) is 0 Å². The molecule has 10 heavy (non-hydrogen) atoms. The molecule has 4 N–H and O–H groups in total. The van der Waals surface area contributed by atoms with Gasteiger partial charge in [-0.1, -0.05) is 12.1 Å². The van der Waals surface area contributed by atoms with Crippen molar-refractivity contribution in [2.45, 2.75) is 0 Å². The minimum Gasteiger partial charge on any atom is -0.476 e. The van der Waals surface area contributed by atoms with Gasteiger partial charge in [-0.05, 0) is 12.1 Å². The molecule has 0 fully saturated rings. The Bertz CT molecular complexity index is 213. The highest BCUT2D eigenvalue weighted by Gasteiger charge is 1.94. The highest BCUT2D eigenvalue weighted by atomic mass is 16.5. The Balaban J connectivity index is 2.81. The Morgan fingerprint density at radius 3 is 2.60 bits per heavy atom. The first-order chi connectivity index (χ1) is 4.84. The third-order valence-corrected chi connectivity index (χ3v) is 1.16. The number of para-hydroxylation sites is 2. The van der Waals surface area contributed by atoms with E-state index in [0.29, 0.717) is 11.4 Å². The number of hydrogen-bond acceptors (Lipinski definition) is 3. The molecule has 0 bridgehead atoms. The van der Waals surface area contributed by atoms with Crippen LogP contribution in [-0.4, -0.2) is 6.73 Å². The van der Waals surface area contributed by atoms with Gasteiger partial charge in [0.25, 0.3) is 0 Å². The van der Waals surface area contributed by atoms with E-state index in [1.54, 1.807) is 12.1 Å². The van der Waals surface area contributed by atoms with Crippen LogP contribution in [0.5, 0.6) is 5.75 Å². The number of anilines is 1. The summed E-state index contributed by atoms with van der Waals surface area (Å²) in [5.74, 6) is 0.644. The highest BCUT2D eigenvalue weighted by Crippen LogP contribution is 2.18. The number of ether oxygens (including phenoxy) is 1. The molecular weight excluding hydrogens is 128 g/mol. The molecule has 0 aliphatic heterocycles. The molecule has 3 nitrogen and oxygen atoms in total. The summed E-state index contributed by atoms with van der Waals surface area (Å²) in [5.41, 5.74) is 11.3. The maximum atomic E-state index is 5.53. The standard InChI is InChI=1S/C7H10N2O/c8-5-10-7-4-2-1-3-6(7)9/h1-4H,5,8-9H2. The maximum Gasteiger partial charge on any atom is 0.144 e. The van der Waals surface area contributed by atoms with Gasteiger partial charge in [-0.3, -0.25) is 5.73 Å². The van der Waals surface area contributed by atoms with Crippen LogP contribution in [0.2, 0.25) is 0 Å². The lowest BCUT2D eigenvalue weighted by Gasteiger charge is -2.03. The summed E-state index contributed by atoms with van der Waals surface area (Å²) in [7, 11) is 0. The fraction of sp³-hybridized carbons (Fsp3) is 0.143. The molecule has 0 radical (unpaired) electrons. The third-order valence-electron chi connectivity index (χ3n) is 1.16. The van der Waals surface area contributed by atoms with E-state index in [9.17, 15) is 0 Å². The maximum absolute atomic E-state index is 5.53. The van der Waals surface area contributed by atoms with Gasteiger partial charge in [-0.15, -0.1) is 0 Å². The van der Waals surface area contributed by atoms with Crippen LogP contribution in [0.4, 0.5) is 5.69 Å². The fourth-order valence-corrected chi connectivity index (χ4v) is 0.702. The van der Waals surface area contributed by atoms with Crippen molar-refractivity contribution in [2.75, 3.05) is 12.5 Å². The fourth-order valence-electron chi connectivity index (χ4n) is 0.702. The molecule has 0 aliphatic rings. The lowest BCUT2D eigenvalue weighted by Crippen LogP contribution is -2.08. The van der Waals surface area contributed by atoms with Crippen LogP contribution in [-0.2, 0) is 0 Å². The topological polar surface area (TPSA) is 61.3 Å². The number of nitrogen functional groups attached to an aromatic ring is 1. The molecule has 1 aromatic carbocycles. The number of rotatable bonds is 2. The first-order valence-corrected chi connectivity index (χ1v) is 3.02. The van der Waals surface area contributed by atoms with Crippen LogP contribution >= 0.6 is 0 Å². The predicted octanol–water partition coefficient (Wildman–Crippen LogP) is 0.564. The number of hydrogen-bond donors (Lipinski definition) is 2. The Morgan fingerprint density at radius 2 is 2.00 bits per heavy atom. The van der Waals surface area contributed by atoms with Crippen molar-refractivity contribution in [1.29, 1.82) is 0 Å². The summed E-state index contributed by atoms with van der Waals surface area (Å²) in [5, 5.41) is 0. The third kappa shape index (κ3) is 1.39. The zero-order chi connectivity index (χ0) is 7.40. The van der Waals surface area contributed by atoms with Crippen LogP contribution < -0.4 is 16.2 Å². The van der Waals surface area contributed by atoms with Gasteiger partial charge in [0.05, 0.1) is 5.69 Å². The van der Waals surface area contributed by atoms with Crippen LogP contribution in [0.25, 0.3) is 0 Å². The zero-order valence-electron chi connectivity index (χ0n) is 5.58. The second kappa shape index (κ2) is 3.08. The second-order valence-electron chi connectivity index (χ2n) is 1.85. The summed E-state index contributed by atoms with van der Waals surface area (Å²) in [6.07, 6.45) is 0. The van der Waals surface area contributed by atoms with E-state index >= 15 is 0 Å². The van der Waals surface area contributed by atoms with Crippen molar-refractivity contribution in [3.05, 3.63) is 24.3 Å². The van der Waals surface area contributed by atoms with Gasteiger partial charge in [0, 0.05) is 0 Å². The van der Waals surface area contributed by atoms with Crippen molar-refractivity contribution >= 4 is 5.69 Å². The molecule has 0 saturated carbocycles. The molecule has 0 saturated heterocycles. The van der Waals surface area contributed by atoms with Crippen molar-refractivity contribution in [3.8, 4) is 5.75 Å². The lowest BCUT2D eigenvalue weighted by molar-refractivity contribution is 0.331. The molecular formula is C7H10N2O. The summed E-state index contributed by atoms with van der Waals surface area (Å²) in [4.78, 5) is 0. The number of benzene rings is 1. The largest absolute Gasteiger partial charge is 0.476 e. The molecule has 0 aromatic heterocycles. The molecule has 0 aliphatic carbocycles. The normalized spacial score (nSPS) is 9.30. The monoisotopic (exact) mass is 138 g/mol. The molecule has 0 amide bonds. The van der Waals surface area contributed by atoms with Gasteiger partial charge in [0.1, 0.15) is 12.5 Å². The summed E-state index contributed by atoms with van der Waals surface area (Å²) in [6.45, 7) is 0.161. The van der Waals surface area contributed by atoms with E-state index in [1.165, 1.54) is 0 Å². The predicted molar refractivity (Wildman–Crippen MR) is 40.5 cm³/mol. The molecule has 0 unspecified atom stereocenters. The summed E-state index contributed by atoms with van der Waals surface area (Å²) in [6, 6.07) is 7.24. The van der Waals surface area contributed by atoms with E-state index in [2.05, 4.69) is 0 Å². The van der Waals surface area contributed by atoms with Crippen molar-refractivity contribution in [2.24, 2.45) is 5.73 Å². The highest BCUT2D eigenvalue weighted by molar-refractivity contribution is 5.51.